The molecule has 0 unspecified atom stereocenters. The van der Waals surface area contributed by atoms with Gasteiger partial charge in [0.25, 0.3) is 5.91 Å². The Kier molecular flexibility index (Phi) is 10.0. The van der Waals surface area contributed by atoms with Crippen molar-refractivity contribution in [3.8, 4) is 0 Å². The van der Waals surface area contributed by atoms with Gasteiger partial charge >= 0.3 is 12.1 Å². The Morgan fingerprint density at radius 3 is 2.62 bits per heavy atom. The van der Waals surface area contributed by atoms with Crippen molar-refractivity contribution >= 4 is 41.2 Å². The van der Waals surface area contributed by atoms with Crippen molar-refractivity contribution in [2.24, 2.45) is 0 Å². The normalized spacial score (nSPS) is 16.1. The molecule has 1 aliphatic heterocycles. The highest BCUT2D eigenvalue weighted by Crippen LogP contribution is 2.23. The average Bonchev–Trinajstić information content (AvgIpc) is 3.31. The summed E-state index contributed by atoms with van der Waals surface area (Å²) in [6.45, 7) is 8.17. The molecule has 1 fully saturated rings. The van der Waals surface area contributed by atoms with E-state index in [9.17, 15) is 14.4 Å². The van der Waals surface area contributed by atoms with Gasteiger partial charge in [0, 0.05) is 26.2 Å². The molecule has 0 spiro atoms. The Morgan fingerprint density at radius 1 is 1.11 bits per heavy atom. The summed E-state index contributed by atoms with van der Waals surface area (Å²) in [6.07, 6.45) is 0.264. The molecule has 13 heteroatoms. The molecule has 2 heterocycles. The molecule has 1 atom stereocenters. The number of hydrazine groups is 1. The molecule has 0 radical (unpaired) electrons. The SMILES string of the molecule is CC(C)(C)OC(=O)NNC(=O)c1coc(CNC(=O)NC[C@H]2CN(Cc3ccc(Cl)c(Cl)c3)CCO2)c1. The van der Waals surface area contributed by atoms with Crippen LogP contribution in [0.3, 0.4) is 0 Å². The van der Waals surface area contributed by atoms with E-state index in [2.05, 4.69) is 26.4 Å². The topological polar surface area (TPSA) is 134 Å². The molecule has 2 aromatic rings. The molecule has 11 nitrogen and oxygen atoms in total. The van der Waals surface area contributed by atoms with Gasteiger partial charge in [-0.05, 0) is 44.5 Å². The highest BCUT2D eigenvalue weighted by molar-refractivity contribution is 6.42. The average molecular weight is 556 g/mol. The zero-order valence-corrected chi connectivity index (χ0v) is 22.4. The van der Waals surface area contributed by atoms with Crippen LogP contribution in [0.4, 0.5) is 9.59 Å². The second-order valence-electron chi connectivity index (χ2n) is 9.42. The molecule has 3 rings (SSSR count). The highest BCUT2D eigenvalue weighted by atomic mass is 35.5. The number of carbonyl (C=O) groups is 3. The summed E-state index contributed by atoms with van der Waals surface area (Å²) in [5, 5.41) is 6.49. The van der Waals surface area contributed by atoms with Crippen molar-refractivity contribution in [1.29, 1.82) is 0 Å². The Balaban J connectivity index is 1.36. The van der Waals surface area contributed by atoms with E-state index >= 15 is 0 Å². The fraction of sp³-hybridized carbons (Fsp3) is 0.458. The quantitative estimate of drug-likeness (QED) is 0.384. The fourth-order valence-corrected chi connectivity index (χ4v) is 3.78. The predicted octanol–water partition coefficient (Wildman–Crippen LogP) is 3.46. The minimum absolute atomic E-state index is 0.0631. The van der Waals surface area contributed by atoms with Gasteiger partial charge in [0.2, 0.25) is 0 Å². The summed E-state index contributed by atoms with van der Waals surface area (Å²) in [5.41, 5.74) is 4.91. The second-order valence-corrected chi connectivity index (χ2v) is 10.2. The fourth-order valence-electron chi connectivity index (χ4n) is 3.46. The standard InChI is InChI=1S/C24H31Cl2N5O6/c1-24(2,3)37-23(34)30-29-21(32)16-9-17(36-14-16)10-27-22(33)28-11-18-13-31(6-7-35-18)12-15-4-5-19(25)20(26)8-15/h4-5,8-9,14,18H,6-7,10-13H2,1-3H3,(H,29,32)(H,30,34)(H2,27,28,33)/t18-/m0/s1. The van der Waals surface area contributed by atoms with Crippen LogP contribution in [0.15, 0.2) is 34.9 Å². The van der Waals surface area contributed by atoms with Crippen LogP contribution in [0.5, 0.6) is 0 Å². The van der Waals surface area contributed by atoms with Crippen LogP contribution in [-0.4, -0.2) is 60.9 Å². The second kappa shape index (κ2) is 13.0. The smallest absolute Gasteiger partial charge is 0.426 e. The zero-order chi connectivity index (χ0) is 27.0. The van der Waals surface area contributed by atoms with E-state index in [1.807, 2.05) is 12.1 Å². The zero-order valence-electron chi connectivity index (χ0n) is 20.9. The molecule has 1 aromatic carbocycles. The molecule has 4 N–H and O–H groups in total. The number of ether oxygens (including phenoxy) is 2. The number of urea groups is 1. The van der Waals surface area contributed by atoms with E-state index < -0.39 is 23.6 Å². The van der Waals surface area contributed by atoms with Crippen LogP contribution in [0, 0.1) is 0 Å². The van der Waals surface area contributed by atoms with Crippen molar-refractivity contribution in [2.45, 2.75) is 45.6 Å². The van der Waals surface area contributed by atoms with E-state index in [1.165, 1.54) is 12.3 Å². The van der Waals surface area contributed by atoms with Gasteiger partial charge in [-0.15, -0.1) is 0 Å². The lowest BCUT2D eigenvalue weighted by Gasteiger charge is -2.33. The number of morpholine rings is 1. The third-order valence-corrected chi connectivity index (χ3v) is 5.86. The van der Waals surface area contributed by atoms with Crippen LogP contribution in [0.2, 0.25) is 10.0 Å². The van der Waals surface area contributed by atoms with Gasteiger partial charge in [0.1, 0.15) is 17.6 Å². The van der Waals surface area contributed by atoms with E-state index in [-0.39, 0.29) is 18.2 Å². The molecular formula is C24H31Cl2N5O6. The first-order chi connectivity index (χ1) is 17.5. The number of furan rings is 1. The van der Waals surface area contributed by atoms with Crippen LogP contribution in [-0.2, 0) is 22.6 Å². The Labute approximate surface area is 225 Å². The number of hydrogen-bond acceptors (Lipinski definition) is 7. The molecule has 202 valence electrons. The van der Waals surface area contributed by atoms with Crippen LogP contribution < -0.4 is 21.5 Å². The number of rotatable bonds is 7. The van der Waals surface area contributed by atoms with Gasteiger partial charge in [0.15, 0.2) is 0 Å². The number of benzene rings is 1. The minimum Gasteiger partial charge on any atom is -0.467 e. The molecule has 0 bridgehead atoms. The monoisotopic (exact) mass is 555 g/mol. The van der Waals surface area contributed by atoms with E-state index in [0.29, 0.717) is 42.0 Å². The Bertz CT molecular complexity index is 1100. The number of nitrogens with one attached hydrogen (secondary N) is 4. The molecule has 0 saturated carbocycles. The lowest BCUT2D eigenvalue weighted by molar-refractivity contribution is -0.0287. The number of halogens is 2. The van der Waals surface area contributed by atoms with E-state index in [4.69, 9.17) is 37.1 Å². The summed E-state index contributed by atoms with van der Waals surface area (Å²) in [6, 6.07) is 6.61. The molecule has 0 aliphatic carbocycles. The largest absolute Gasteiger partial charge is 0.467 e. The lowest BCUT2D eigenvalue weighted by atomic mass is 10.2. The molecule has 37 heavy (non-hydrogen) atoms. The Hall–Kier alpha value is -2.99. The van der Waals surface area contributed by atoms with Gasteiger partial charge in [-0.1, -0.05) is 29.3 Å². The number of hydrogen-bond donors (Lipinski definition) is 4. The highest BCUT2D eigenvalue weighted by Gasteiger charge is 2.22. The number of amides is 4. The minimum atomic E-state index is -0.789. The van der Waals surface area contributed by atoms with Crippen molar-refractivity contribution in [3.63, 3.8) is 0 Å². The van der Waals surface area contributed by atoms with Crippen LogP contribution >= 0.6 is 23.2 Å². The summed E-state index contributed by atoms with van der Waals surface area (Å²) in [7, 11) is 0. The summed E-state index contributed by atoms with van der Waals surface area (Å²) < 4.78 is 16.1. The maximum absolute atomic E-state index is 12.2. The summed E-state index contributed by atoms with van der Waals surface area (Å²) >= 11 is 12.1. The third-order valence-electron chi connectivity index (χ3n) is 5.12. The van der Waals surface area contributed by atoms with Crippen molar-refractivity contribution < 1.29 is 28.3 Å². The predicted molar refractivity (Wildman–Crippen MR) is 137 cm³/mol. The van der Waals surface area contributed by atoms with Gasteiger partial charge in [-0.25, -0.2) is 15.0 Å². The van der Waals surface area contributed by atoms with Crippen molar-refractivity contribution in [1.82, 2.24) is 26.4 Å². The van der Waals surface area contributed by atoms with E-state index in [0.717, 1.165) is 12.1 Å². The molecular weight excluding hydrogens is 525 g/mol. The van der Waals surface area contributed by atoms with Gasteiger partial charge < -0.3 is 24.5 Å². The molecule has 1 aliphatic rings. The van der Waals surface area contributed by atoms with Crippen LogP contribution in [0.25, 0.3) is 0 Å². The van der Waals surface area contributed by atoms with Crippen LogP contribution in [0.1, 0.15) is 42.5 Å². The van der Waals surface area contributed by atoms with E-state index in [1.54, 1.807) is 26.8 Å². The maximum Gasteiger partial charge on any atom is 0.426 e. The first kappa shape index (κ1) is 28.6. The number of nitrogens with zero attached hydrogens (tertiary/aromatic N) is 1. The first-order valence-electron chi connectivity index (χ1n) is 11.6. The summed E-state index contributed by atoms with van der Waals surface area (Å²) in [4.78, 5) is 38.2. The third kappa shape index (κ3) is 9.77. The molecule has 1 aromatic heterocycles. The molecule has 1 saturated heterocycles. The van der Waals surface area contributed by atoms with Gasteiger partial charge in [-0.3, -0.25) is 15.1 Å². The summed E-state index contributed by atoms with van der Waals surface area (Å²) in [5.74, 6) is -0.232. The maximum atomic E-state index is 12.2. The van der Waals surface area contributed by atoms with Crippen molar-refractivity contribution in [3.05, 3.63) is 57.5 Å². The van der Waals surface area contributed by atoms with Gasteiger partial charge in [-0.2, -0.15) is 0 Å². The number of carbonyl (C=O) groups excluding carboxylic acids is 3. The first-order valence-corrected chi connectivity index (χ1v) is 12.4. The van der Waals surface area contributed by atoms with Crippen molar-refractivity contribution in [2.75, 3.05) is 26.2 Å². The lowest BCUT2D eigenvalue weighted by Crippen LogP contribution is -2.48. The molecule has 4 amide bonds. The Morgan fingerprint density at radius 2 is 1.89 bits per heavy atom. The van der Waals surface area contributed by atoms with Gasteiger partial charge in [0.05, 0.1) is 34.9 Å².